The summed E-state index contributed by atoms with van der Waals surface area (Å²) < 4.78 is 13.0. The van der Waals surface area contributed by atoms with Crippen LogP contribution in [0.1, 0.15) is 25.8 Å². The molecule has 1 saturated heterocycles. The average molecular weight is 335 g/mol. The number of imide groups is 1. The first-order chi connectivity index (χ1) is 11.1. The van der Waals surface area contributed by atoms with E-state index in [0.29, 0.717) is 6.42 Å². The van der Waals surface area contributed by atoms with Crippen molar-refractivity contribution in [2.75, 3.05) is 14.1 Å². The number of amides is 4. The van der Waals surface area contributed by atoms with Gasteiger partial charge in [-0.1, -0.05) is 12.1 Å². The molecule has 0 spiro atoms. The number of hydrogen-bond acceptors (Lipinski definition) is 3. The Balaban J connectivity index is 1.97. The van der Waals surface area contributed by atoms with Gasteiger partial charge in [0.2, 0.25) is 5.91 Å². The van der Waals surface area contributed by atoms with E-state index in [1.54, 1.807) is 12.1 Å². The molecule has 1 aromatic carbocycles. The molecule has 0 radical (unpaired) electrons. The van der Waals surface area contributed by atoms with E-state index in [0.717, 1.165) is 10.5 Å². The Hall–Kier alpha value is -2.44. The van der Waals surface area contributed by atoms with Crippen LogP contribution in [0.5, 0.6) is 0 Å². The third-order valence-electron chi connectivity index (χ3n) is 4.09. The summed E-state index contributed by atoms with van der Waals surface area (Å²) >= 11 is 0. The number of carbonyl (C=O) groups is 3. The maximum atomic E-state index is 13.0. The van der Waals surface area contributed by atoms with Gasteiger partial charge in [0.25, 0.3) is 5.91 Å². The van der Waals surface area contributed by atoms with Crippen LogP contribution in [0.15, 0.2) is 24.3 Å². The molecule has 1 fully saturated rings. The molecule has 1 aromatic rings. The van der Waals surface area contributed by atoms with Crippen LogP contribution in [0.3, 0.4) is 0 Å². The van der Waals surface area contributed by atoms with Gasteiger partial charge < -0.3 is 10.2 Å². The Bertz CT molecular complexity index is 658. The zero-order valence-corrected chi connectivity index (χ0v) is 14.3. The number of likely N-dealkylation sites (N-methyl/N-ethyl adjacent to an activating group) is 2. The lowest BCUT2D eigenvalue weighted by Gasteiger charge is -2.27. The molecule has 0 bridgehead atoms. The van der Waals surface area contributed by atoms with Crippen LogP contribution in [0, 0.1) is 5.82 Å². The van der Waals surface area contributed by atoms with Crippen LogP contribution in [0.2, 0.25) is 0 Å². The van der Waals surface area contributed by atoms with E-state index >= 15 is 0 Å². The minimum absolute atomic E-state index is 0.0851. The maximum absolute atomic E-state index is 13.0. The van der Waals surface area contributed by atoms with Crippen LogP contribution < -0.4 is 5.32 Å². The van der Waals surface area contributed by atoms with Gasteiger partial charge in [0.05, 0.1) is 6.42 Å². The second-order valence-corrected chi connectivity index (χ2v) is 6.75. The first kappa shape index (κ1) is 17.9. The van der Waals surface area contributed by atoms with Gasteiger partial charge in [-0.15, -0.1) is 0 Å². The Morgan fingerprint density at radius 1 is 1.21 bits per heavy atom. The number of hydrogen-bond donors (Lipinski definition) is 1. The summed E-state index contributed by atoms with van der Waals surface area (Å²) in [6.07, 6.45) is 0.435. The quantitative estimate of drug-likeness (QED) is 0.830. The normalized spacial score (nSPS) is 18.3. The molecule has 4 amide bonds. The SMILES string of the molecule is CN1C(=O)[C@@H](CC(=O)NC(C)(C)Cc2ccc(F)cc2)N(C)C1=O. The van der Waals surface area contributed by atoms with E-state index in [1.165, 1.54) is 31.1 Å². The van der Waals surface area contributed by atoms with Gasteiger partial charge in [-0.25, -0.2) is 9.18 Å². The summed E-state index contributed by atoms with van der Waals surface area (Å²) in [4.78, 5) is 38.3. The monoisotopic (exact) mass is 335 g/mol. The van der Waals surface area contributed by atoms with Crippen molar-refractivity contribution in [1.82, 2.24) is 15.1 Å². The predicted octanol–water partition coefficient (Wildman–Crippen LogP) is 1.55. The first-order valence-corrected chi connectivity index (χ1v) is 7.70. The molecule has 1 N–H and O–H groups in total. The fraction of sp³-hybridized carbons (Fsp3) is 0.471. The van der Waals surface area contributed by atoms with E-state index in [2.05, 4.69) is 5.32 Å². The van der Waals surface area contributed by atoms with Crippen molar-refractivity contribution in [1.29, 1.82) is 0 Å². The van der Waals surface area contributed by atoms with Gasteiger partial charge in [-0.05, 0) is 38.0 Å². The molecule has 130 valence electrons. The van der Waals surface area contributed by atoms with E-state index in [4.69, 9.17) is 0 Å². The highest BCUT2D eigenvalue weighted by atomic mass is 19.1. The van der Waals surface area contributed by atoms with Gasteiger partial charge in [-0.3, -0.25) is 14.5 Å². The summed E-state index contributed by atoms with van der Waals surface area (Å²) in [6, 6.07) is 4.91. The summed E-state index contributed by atoms with van der Waals surface area (Å²) in [7, 11) is 2.91. The molecular weight excluding hydrogens is 313 g/mol. The van der Waals surface area contributed by atoms with Crippen LogP contribution in [-0.2, 0) is 16.0 Å². The number of nitrogens with one attached hydrogen (secondary N) is 1. The molecule has 1 heterocycles. The van der Waals surface area contributed by atoms with Crippen molar-refractivity contribution in [3.8, 4) is 0 Å². The van der Waals surface area contributed by atoms with Crippen LogP contribution in [-0.4, -0.2) is 53.3 Å². The fourth-order valence-electron chi connectivity index (χ4n) is 2.84. The molecule has 6 nitrogen and oxygen atoms in total. The average Bonchev–Trinajstić information content (AvgIpc) is 2.67. The van der Waals surface area contributed by atoms with E-state index in [-0.39, 0.29) is 24.1 Å². The largest absolute Gasteiger partial charge is 0.351 e. The van der Waals surface area contributed by atoms with Gasteiger partial charge in [0.1, 0.15) is 11.9 Å². The smallest absolute Gasteiger partial charge is 0.326 e. The van der Waals surface area contributed by atoms with E-state index in [9.17, 15) is 18.8 Å². The lowest BCUT2D eigenvalue weighted by molar-refractivity contribution is -0.131. The third kappa shape index (κ3) is 3.90. The highest BCUT2D eigenvalue weighted by molar-refractivity contribution is 6.05. The van der Waals surface area contributed by atoms with Crippen molar-refractivity contribution >= 4 is 17.8 Å². The number of rotatable bonds is 5. The second kappa shape index (κ2) is 6.59. The zero-order valence-electron chi connectivity index (χ0n) is 14.3. The zero-order chi connectivity index (χ0) is 18.1. The molecule has 7 heteroatoms. The standard InChI is InChI=1S/C17H22FN3O3/c1-17(2,10-11-5-7-12(18)8-6-11)19-14(22)9-13-15(23)21(4)16(24)20(13)3/h5-8,13H,9-10H2,1-4H3,(H,19,22)/t13-/m1/s1. The molecule has 1 atom stereocenters. The number of carbonyl (C=O) groups excluding carboxylic acids is 3. The Labute approximate surface area is 140 Å². The first-order valence-electron chi connectivity index (χ1n) is 7.70. The second-order valence-electron chi connectivity index (χ2n) is 6.75. The van der Waals surface area contributed by atoms with Crippen LogP contribution in [0.25, 0.3) is 0 Å². The molecule has 0 unspecified atom stereocenters. The molecule has 0 aliphatic carbocycles. The van der Waals surface area contributed by atoms with Crippen LogP contribution in [0.4, 0.5) is 9.18 Å². The summed E-state index contributed by atoms with van der Waals surface area (Å²) in [5, 5.41) is 2.88. The van der Waals surface area contributed by atoms with Gasteiger partial charge in [0, 0.05) is 19.6 Å². The molecule has 1 aliphatic heterocycles. The maximum Gasteiger partial charge on any atom is 0.326 e. The molecule has 2 rings (SSSR count). The minimum Gasteiger partial charge on any atom is -0.351 e. The lowest BCUT2D eigenvalue weighted by Crippen LogP contribution is -2.47. The van der Waals surface area contributed by atoms with E-state index in [1.807, 2.05) is 13.8 Å². The Morgan fingerprint density at radius 2 is 1.79 bits per heavy atom. The Morgan fingerprint density at radius 3 is 2.29 bits per heavy atom. The van der Waals surface area contributed by atoms with Crippen LogP contribution >= 0.6 is 0 Å². The van der Waals surface area contributed by atoms with Gasteiger partial charge >= 0.3 is 6.03 Å². The van der Waals surface area contributed by atoms with Crippen molar-refractivity contribution in [2.24, 2.45) is 0 Å². The summed E-state index contributed by atoms with van der Waals surface area (Å²) in [6.45, 7) is 3.71. The van der Waals surface area contributed by atoms with Gasteiger partial charge in [0.15, 0.2) is 0 Å². The predicted molar refractivity (Wildman–Crippen MR) is 86.7 cm³/mol. The van der Waals surface area contributed by atoms with Crippen molar-refractivity contribution in [2.45, 2.75) is 38.3 Å². The molecular formula is C17H22FN3O3. The van der Waals surface area contributed by atoms with Crippen molar-refractivity contribution in [3.05, 3.63) is 35.6 Å². The lowest BCUT2D eigenvalue weighted by atomic mass is 9.94. The van der Waals surface area contributed by atoms with Gasteiger partial charge in [-0.2, -0.15) is 0 Å². The number of halogens is 1. The highest BCUT2D eigenvalue weighted by Crippen LogP contribution is 2.18. The highest BCUT2D eigenvalue weighted by Gasteiger charge is 2.42. The number of nitrogens with zero attached hydrogens (tertiary/aromatic N) is 2. The Kier molecular flexibility index (Phi) is 4.91. The van der Waals surface area contributed by atoms with E-state index < -0.39 is 17.6 Å². The van der Waals surface area contributed by atoms with Crippen molar-refractivity contribution in [3.63, 3.8) is 0 Å². The van der Waals surface area contributed by atoms with Crippen molar-refractivity contribution < 1.29 is 18.8 Å². The molecule has 0 saturated carbocycles. The fourth-order valence-corrected chi connectivity index (χ4v) is 2.84. The third-order valence-corrected chi connectivity index (χ3v) is 4.09. The summed E-state index contributed by atoms with van der Waals surface area (Å²) in [5.74, 6) is -0.999. The summed E-state index contributed by atoms with van der Waals surface area (Å²) in [5.41, 5.74) is 0.330. The molecule has 1 aliphatic rings. The molecule has 0 aromatic heterocycles. The molecule has 24 heavy (non-hydrogen) atoms. The number of benzene rings is 1. The number of urea groups is 1. The topological polar surface area (TPSA) is 69.7 Å². The minimum atomic E-state index is -0.774.